The van der Waals surface area contributed by atoms with Crippen LogP contribution in [0.1, 0.15) is 71.1 Å². The van der Waals surface area contributed by atoms with E-state index in [2.05, 4.69) is 6.92 Å². The van der Waals surface area contributed by atoms with Gasteiger partial charge in [0.05, 0.1) is 139 Å². The van der Waals surface area contributed by atoms with Crippen LogP contribution in [-0.4, -0.2) is 152 Å². The van der Waals surface area contributed by atoms with Gasteiger partial charge in [0.15, 0.2) is 0 Å². The van der Waals surface area contributed by atoms with Crippen molar-refractivity contribution in [2.75, 3.05) is 152 Å². The molecule has 0 saturated heterocycles. The number of unbranched alkanes of at least 4 members (excludes halogenated alkanes) is 9. The monoisotopic (exact) mass is 747 g/mol. The van der Waals surface area contributed by atoms with Gasteiger partial charge in [-0.05, 0) is 18.6 Å². The van der Waals surface area contributed by atoms with Gasteiger partial charge >= 0.3 is 0 Å². The summed E-state index contributed by atoms with van der Waals surface area (Å²) in [6.07, 6.45) is 13.4. The molecule has 0 radical (unpaired) electrons. The van der Waals surface area contributed by atoms with Gasteiger partial charge in [0.25, 0.3) is 0 Å². The smallest absolute Gasteiger partial charge is 0.119 e. The van der Waals surface area contributed by atoms with Crippen LogP contribution in [0.3, 0.4) is 0 Å². The fourth-order valence-corrected chi connectivity index (χ4v) is 4.73. The lowest BCUT2D eigenvalue weighted by Gasteiger charge is -2.09. The molecule has 0 saturated carbocycles. The molecule has 0 amide bonds. The fraction of sp³-hybridized carbons (Fsp3) is 0.850. The Kier molecular flexibility index (Phi) is 41.1. The molecule has 1 aromatic rings. The molecular weight excluding hydrogens is 672 g/mol. The van der Waals surface area contributed by atoms with E-state index in [1.807, 2.05) is 30.3 Å². The second-order valence-corrected chi connectivity index (χ2v) is 12.1. The Morgan fingerprint density at radius 3 is 0.827 bits per heavy atom. The molecule has 0 aliphatic heterocycles. The van der Waals surface area contributed by atoms with Crippen molar-refractivity contribution in [1.29, 1.82) is 0 Å². The van der Waals surface area contributed by atoms with Crippen molar-refractivity contribution < 1.29 is 56.8 Å². The molecule has 306 valence electrons. The number of hydrogen-bond acceptors (Lipinski definition) is 12. The van der Waals surface area contributed by atoms with Crippen molar-refractivity contribution in [2.45, 2.75) is 71.1 Å². The van der Waals surface area contributed by atoms with Crippen molar-refractivity contribution in [3.05, 3.63) is 30.3 Å². The zero-order valence-corrected chi connectivity index (χ0v) is 32.6. The summed E-state index contributed by atoms with van der Waals surface area (Å²) in [5, 5.41) is 0. The van der Waals surface area contributed by atoms with E-state index in [1.165, 1.54) is 57.8 Å². The molecule has 0 fully saturated rings. The number of para-hydroxylation sites is 1. The summed E-state index contributed by atoms with van der Waals surface area (Å²) >= 11 is 0. The molecule has 0 aliphatic rings. The first kappa shape index (κ1) is 48.6. The van der Waals surface area contributed by atoms with Gasteiger partial charge in [-0.15, -0.1) is 0 Å². The van der Waals surface area contributed by atoms with Crippen molar-refractivity contribution in [3.63, 3.8) is 0 Å². The van der Waals surface area contributed by atoms with E-state index in [9.17, 15) is 0 Å². The molecule has 0 bridgehead atoms. The summed E-state index contributed by atoms with van der Waals surface area (Å²) in [5.41, 5.74) is 0. The van der Waals surface area contributed by atoms with Gasteiger partial charge in [-0.3, -0.25) is 0 Å². The molecule has 0 spiro atoms. The Hall–Kier alpha value is -1.42. The normalized spacial score (nSPS) is 11.5. The van der Waals surface area contributed by atoms with Gasteiger partial charge in [-0.25, -0.2) is 0 Å². The largest absolute Gasteiger partial charge is 0.491 e. The Morgan fingerprint density at radius 2 is 0.519 bits per heavy atom. The van der Waals surface area contributed by atoms with E-state index >= 15 is 0 Å². The van der Waals surface area contributed by atoms with Crippen LogP contribution in [0.15, 0.2) is 30.3 Å². The molecule has 0 atom stereocenters. The van der Waals surface area contributed by atoms with E-state index in [0.29, 0.717) is 145 Å². The number of ether oxygens (including phenoxy) is 12. The van der Waals surface area contributed by atoms with Crippen LogP contribution < -0.4 is 4.74 Å². The minimum Gasteiger partial charge on any atom is -0.491 e. The summed E-state index contributed by atoms with van der Waals surface area (Å²) in [6, 6.07) is 9.69. The number of benzene rings is 1. The highest BCUT2D eigenvalue weighted by atomic mass is 16.6. The fourth-order valence-electron chi connectivity index (χ4n) is 4.73. The zero-order valence-electron chi connectivity index (χ0n) is 32.6. The average Bonchev–Trinajstić information content (AvgIpc) is 3.17. The summed E-state index contributed by atoms with van der Waals surface area (Å²) in [5.74, 6) is 0.846. The molecule has 0 aromatic heterocycles. The second-order valence-electron chi connectivity index (χ2n) is 12.1. The SMILES string of the molecule is CCCCCCCCCCCCOCCOCCOCCOCCOCCOCCOCCOCCOCCOCCOCCOc1ccccc1. The maximum atomic E-state index is 5.65. The van der Waals surface area contributed by atoms with E-state index in [0.717, 1.165) is 18.8 Å². The molecule has 0 N–H and O–H groups in total. The third kappa shape index (κ3) is 39.8. The van der Waals surface area contributed by atoms with Crippen LogP contribution in [0, 0.1) is 0 Å². The van der Waals surface area contributed by atoms with Gasteiger partial charge < -0.3 is 56.8 Å². The lowest BCUT2D eigenvalue weighted by molar-refractivity contribution is -0.0277. The molecule has 52 heavy (non-hydrogen) atoms. The predicted molar refractivity (Wildman–Crippen MR) is 203 cm³/mol. The first-order chi connectivity index (χ1) is 25.9. The third-order valence-electron chi connectivity index (χ3n) is 7.60. The molecule has 0 aliphatic carbocycles. The molecule has 1 aromatic carbocycles. The Morgan fingerprint density at radius 1 is 0.269 bits per heavy atom. The summed E-state index contributed by atoms with van der Waals surface area (Å²) in [4.78, 5) is 0. The molecule has 0 heterocycles. The Labute approximate surface area is 315 Å². The van der Waals surface area contributed by atoms with Crippen LogP contribution in [0.2, 0.25) is 0 Å². The maximum Gasteiger partial charge on any atom is 0.119 e. The van der Waals surface area contributed by atoms with Gasteiger partial charge in [0, 0.05) is 6.61 Å². The van der Waals surface area contributed by atoms with Crippen molar-refractivity contribution in [1.82, 2.24) is 0 Å². The van der Waals surface area contributed by atoms with Gasteiger partial charge in [0.2, 0.25) is 0 Å². The van der Waals surface area contributed by atoms with Gasteiger partial charge in [-0.1, -0.05) is 82.9 Å². The average molecular weight is 747 g/mol. The van der Waals surface area contributed by atoms with Crippen molar-refractivity contribution >= 4 is 0 Å². The predicted octanol–water partition coefficient (Wildman–Crippen LogP) is 6.17. The topological polar surface area (TPSA) is 111 Å². The third-order valence-corrected chi connectivity index (χ3v) is 7.60. The highest BCUT2D eigenvalue weighted by Crippen LogP contribution is 2.10. The molecule has 12 nitrogen and oxygen atoms in total. The van der Waals surface area contributed by atoms with E-state index in [-0.39, 0.29) is 0 Å². The number of hydrogen-bond donors (Lipinski definition) is 0. The minimum atomic E-state index is 0.516. The van der Waals surface area contributed by atoms with Crippen LogP contribution in [0.25, 0.3) is 0 Å². The zero-order chi connectivity index (χ0) is 36.9. The van der Waals surface area contributed by atoms with Crippen LogP contribution in [-0.2, 0) is 52.1 Å². The van der Waals surface area contributed by atoms with Crippen LogP contribution >= 0.6 is 0 Å². The molecular formula is C40H74O12. The highest BCUT2D eigenvalue weighted by Gasteiger charge is 1.98. The van der Waals surface area contributed by atoms with E-state index < -0.39 is 0 Å². The van der Waals surface area contributed by atoms with Gasteiger partial charge in [0.1, 0.15) is 12.4 Å². The molecule has 12 heteroatoms. The highest BCUT2D eigenvalue weighted by molar-refractivity contribution is 5.20. The standard InChI is InChI=1S/C40H74O12/c1-2-3-4-5-6-7-8-9-10-14-17-41-18-19-42-20-21-43-22-23-44-24-25-45-26-27-46-28-29-47-30-31-48-32-33-49-34-35-50-36-37-51-38-39-52-40-15-12-11-13-16-40/h11-13,15-16H,2-10,14,17-39H2,1H3. The van der Waals surface area contributed by atoms with Crippen LogP contribution in [0.5, 0.6) is 5.75 Å². The quantitative estimate of drug-likeness (QED) is 0.0713. The summed E-state index contributed by atoms with van der Waals surface area (Å²) < 4.78 is 66.3. The van der Waals surface area contributed by atoms with E-state index in [4.69, 9.17) is 56.8 Å². The van der Waals surface area contributed by atoms with Crippen molar-refractivity contribution in [3.8, 4) is 5.75 Å². The van der Waals surface area contributed by atoms with Crippen LogP contribution in [0.4, 0.5) is 0 Å². The molecule has 1 rings (SSSR count). The summed E-state index contributed by atoms with van der Waals surface area (Å²) in [7, 11) is 0. The Bertz CT molecular complexity index is 776. The van der Waals surface area contributed by atoms with Gasteiger partial charge in [-0.2, -0.15) is 0 Å². The summed E-state index contributed by atoms with van der Waals surface area (Å²) in [6.45, 7) is 14.9. The second kappa shape index (κ2) is 44.0. The lowest BCUT2D eigenvalue weighted by Crippen LogP contribution is -2.15. The first-order valence-corrected chi connectivity index (χ1v) is 20.0. The van der Waals surface area contributed by atoms with E-state index in [1.54, 1.807) is 0 Å². The molecule has 0 unspecified atom stereocenters. The minimum absolute atomic E-state index is 0.516. The lowest BCUT2D eigenvalue weighted by atomic mass is 10.1. The Balaban J connectivity index is 1.60. The number of rotatable bonds is 45. The first-order valence-electron chi connectivity index (χ1n) is 20.0. The maximum absolute atomic E-state index is 5.65. The van der Waals surface area contributed by atoms with Crippen molar-refractivity contribution in [2.24, 2.45) is 0 Å².